The molecule has 0 aliphatic carbocycles. The third-order valence-corrected chi connectivity index (χ3v) is 3.24. The first-order chi connectivity index (χ1) is 9.40. The van der Waals surface area contributed by atoms with Gasteiger partial charge in [0.25, 0.3) is 0 Å². The van der Waals surface area contributed by atoms with Gasteiger partial charge in [-0.15, -0.1) is 0 Å². The predicted molar refractivity (Wildman–Crippen MR) is 79.1 cm³/mol. The first kappa shape index (κ1) is 14.2. The highest BCUT2D eigenvalue weighted by Gasteiger charge is 2.10. The van der Waals surface area contributed by atoms with Crippen LogP contribution in [0.25, 0.3) is 0 Å². The molecule has 1 N–H and O–H groups in total. The Kier molecular flexibility index (Phi) is 5.98. The molecule has 1 fully saturated rings. The number of nitrogens with one attached hydrogen (secondary N) is 1. The Hall–Kier alpha value is -1.26. The minimum atomic E-state index is 0.800. The van der Waals surface area contributed by atoms with Crippen LogP contribution in [0.4, 0.5) is 11.4 Å². The molecule has 1 aliphatic rings. The fraction of sp³-hybridized carbons (Fsp3) is 0.600. The van der Waals surface area contributed by atoms with Crippen LogP contribution >= 0.6 is 0 Å². The Morgan fingerprint density at radius 3 is 2.63 bits per heavy atom. The first-order valence-electron chi connectivity index (χ1n) is 7.14. The number of nitrogens with zero attached hydrogens (tertiary/aromatic N) is 1. The number of anilines is 2. The number of hydrogen-bond donors (Lipinski definition) is 1. The molecule has 0 unspecified atom stereocenters. The summed E-state index contributed by atoms with van der Waals surface area (Å²) < 4.78 is 10.7. The van der Waals surface area contributed by atoms with Gasteiger partial charge in [0, 0.05) is 44.2 Å². The molecule has 0 atom stereocenters. The maximum absolute atomic E-state index is 5.36. The van der Waals surface area contributed by atoms with Gasteiger partial charge < -0.3 is 19.7 Å². The van der Waals surface area contributed by atoms with Crippen molar-refractivity contribution in [1.29, 1.82) is 0 Å². The lowest BCUT2D eigenvalue weighted by molar-refractivity contribution is 0.122. The highest BCUT2D eigenvalue weighted by molar-refractivity contribution is 5.55. The van der Waals surface area contributed by atoms with Crippen molar-refractivity contribution in [1.82, 2.24) is 0 Å². The molecule has 0 saturated carbocycles. The quantitative estimate of drug-likeness (QED) is 0.767. The van der Waals surface area contributed by atoms with Crippen LogP contribution in [-0.4, -0.2) is 46.1 Å². The zero-order valence-electron chi connectivity index (χ0n) is 11.7. The number of hydrogen-bond acceptors (Lipinski definition) is 4. The standard InChI is InChI=1S/C15H24N2O2/c1-2-18-11-3-8-16-14-4-6-15(7-5-14)17-9-12-19-13-10-17/h4-7,16H,2-3,8-13H2,1H3. The van der Waals surface area contributed by atoms with Crippen LogP contribution in [0.1, 0.15) is 13.3 Å². The normalized spacial score (nSPS) is 15.5. The Morgan fingerprint density at radius 2 is 1.95 bits per heavy atom. The van der Waals surface area contributed by atoms with Crippen LogP contribution in [-0.2, 0) is 9.47 Å². The summed E-state index contributed by atoms with van der Waals surface area (Å²) in [7, 11) is 0. The third-order valence-electron chi connectivity index (χ3n) is 3.24. The van der Waals surface area contributed by atoms with Gasteiger partial charge in [0.1, 0.15) is 0 Å². The van der Waals surface area contributed by atoms with E-state index in [1.165, 1.54) is 11.4 Å². The summed E-state index contributed by atoms with van der Waals surface area (Å²) in [5, 5.41) is 3.41. The van der Waals surface area contributed by atoms with E-state index in [0.29, 0.717) is 0 Å². The van der Waals surface area contributed by atoms with Crippen LogP contribution in [0, 0.1) is 0 Å². The number of morpholine rings is 1. The van der Waals surface area contributed by atoms with Crippen LogP contribution in [0.5, 0.6) is 0 Å². The van der Waals surface area contributed by atoms with E-state index in [1.54, 1.807) is 0 Å². The largest absolute Gasteiger partial charge is 0.385 e. The van der Waals surface area contributed by atoms with Gasteiger partial charge in [0.2, 0.25) is 0 Å². The fourth-order valence-corrected chi connectivity index (χ4v) is 2.16. The average molecular weight is 264 g/mol. The zero-order chi connectivity index (χ0) is 13.3. The van der Waals surface area contributed by atoms with Crippen molar-refractivity contribution in [2.45, 2.75) is 13.3 Å². The van der Waals surface area contributed by atoms with Crippen LogP contribution < -0.4 is 10.2 Å². The molecular weight excluding hydrogens is 240 g/mol. The summed E-state index contributed by atoms with van der Waals surface area (Å²) in [5.41, 5.74) is 2.46. The minimum Gasteiger partial charge on any atom is -0.385 e. The molecule has 19 heavy (non-hydrogen) atoms. The van der Waals surface area contributed by atoms with E-state index in [4.69, 9.17) is 9.47 Å². The van der Waals surface area contributed by atoms with Gasteiger partial charge >= 0.3 is 0 Å². The molecule has 0 amide bonds. The van der Waals surface area contributed by atoms with E-state index in [9.17, 15) is 0 Å². The molecule has 4 heteroatoms. The Morgan fingerprint density at radius 1 is 1.21 bits per heavy atom. The second-order valence-corrected chi connectivity index (χ2v) is 4.62. The lowest BCUT2D eigenvalue weighted by atomic mass is 10.2. The molecule has 1 heterocycles. The highest BCUT2D eigenvalue weighted by atomic mass is 16.5. The molecule has 0 aromatic heterocycles. The lowest BCUT2D eigenvalue weighted by Gasteiger charge is -2.28. The van der Waals surface area contributed by atoms with E-state index in [0.717, 1.165) is 52.5 Å². The number of ether oxygens (including phenoxy) is 2. The van der Waals surface area contributed by atoms with Crippen molar-refractivity contribution in [2.24, 2.45) is 0 Å². The molecule has 4 nitrogen and oxygen atoms in total. The summed E-state index contributed by atoms with van der Waals surface area (Å²) in [6.45, 7) is 8.25. The van der Waals surface area contributed by atoms with Crippen LogP contribution in [0.15, 0.2) is 24.3 Å². The molecule has 0 spiro atoms. The van der Waals surface area contributed by atoms with E-state index < -0.39 is 0 Å². The van der Waals surface area contributed by atoms with E-state index >= 15 is 0 Å². The lowest BCUT2D eigenvalue weighted by Crippen LogP contribution is -2.36. The van der Waals surface area contributed by atoms with Gasteiger partial charge in [0.05, 0.1) is 13.2 Å². The maximum Gasteiger partial charge on any atom is 0.0642 e. The smallest absolute Gasteiger partial charge is 0.0642 e. The summed E-state index contributed by atoms with van der Waals surface area (Å²) in [4.78, 5) is 2.36. The van der Waals surface area contributed by atoms with Crippen molar-refractivity contribution in [3.63, 3.8) is 0 Å². The summed E-state index contributed by atoms with van der Waals surface area (Å²) in [6.07, 6.45) is 1.04. The Bertz CT molecular complexity index is 348. The predicted octanol–water partition coefficient (Wildman–Crippen LogP) is 2.36. The zero-order valence-corrected chi connectivity index (χ0v) is 11.7. The third kappa shape index (κ3) is 4.73. The van der Waals surface area contributed by atoms with Gasteiger partial charge in [-0.3, -0.25) is 0 Å². The fourth-order valence-electron chi connectivity index (χ4n) is 2.16. The number of rotatable bonds is 7. The highest BCUT2D eigenvalue weighted by Crippen LogP contribution is 2.18. The van der Waals surface area contributed by atoms with Crippen molar-refractivity contribution >= 4 is 11.4 Å². The maximum atomic E-state index is 5.36. The topological polar surface area (TPSA) is 33.7 Å². The first-order valence-corrected chi connectivity index (χ1v) is 7.14. The van der Waals surface area contributed by atoms with Gasteiger partial charge in [-0.25, -0.2) is 0 Å². The molecule has 1 saturated heterocycles. The molecule has 1 aromatic carbocycles. The summed E-state index contributed by atoms with van der Waals surface area (Å²) in [6, 6.07) is 8.64. The van der Waals surface area contributed by atoms with Gasteiger partial charge in [0.15, 0.2) is 0 Å². The van der Waals surface area contributed by atoms with Crippen molar-refractivity contribution in [3.8, 4) is 0 Å². The monoisotopic (exact) mass is 264 g/mol. The van der Waals surface area contributed by atoms with Crippen molar-refractivity contribution < 1.29 is 9.47 Å². The Balaban J connectivity index is 1.74. The molecule has 106 valence electrons. The summed E-state index contributed by atoms with van der Waals surface area (Å²) >= 11 is 0. The van der Waals surface area contributed by atoms with Gasteiger partial charge in [-0.2, -0.15) is 0 Å². The Labute approximate surface area is 115 Å². The molecule has 1 aliphatic heterocycles. The second kappa shape index (κ2) is 8.02. The number of benzene rings is 1. The van der Waals surface area contributed by atoms with Crippen LogP contribution in [0.2, 0.25) is 0 Å². The molecular formula is C15H24N2O2. The van der Waals surface area contributed by atoms with Crippen molar-refractivity contribution in [3.05, 3.63) is 24.3 Å². The average Bonchev–Trinajstić information content (AvgIpc) is 2.49. The summed E-state index contributed by atoms with van der Waals surface area (Å²) in [5.74, 6) is 0. The molecule has 0 radical (unpaired) electrons. The minimum absolute atomic E-state index is 0.800. The van der Waals surface area contributed by atoms with Gasteiger partial charge in [-0.1, -0.05) is 0 Å². The van der Waals surface area contributed by atoms with E-state index in [1.807, 2.05) is 6.92 Å². The van der Waals surface area contributed by atoms with E-state index in [-0.39, 0.29) is 0 Å². The molecule has 2 rings (SSSR count). The van der Waals surface area contributed by atoms with Gasteiger partial charge in [-0.05, 0) is 37.6 Å². The SMILES string of the molecule is CCOCCCNc1ccc(N2CCOCC2)cc1. The molecule has 0 bridgehead atoms. The molecule has 1 aromatic rings. The van der Waals surface area contributed by atoms with E-state index in [2.05, 4.69) is 34.5 Å². The second-order valence-electron chi connectivity index (χ2n) is 4.62. The van der Waals surface area contributed by atoms with Crippen LogP contribution in [0.3, 0.4) is 0 Å². The van der Waals surface area contributed by atoms with Crippen molar-refractivity contribution in [2.75, 3.05) is 56.3 Å².